The van der Waals surface area contributed by atoms with Gasteiger partial charge < -0.3 is 19.5 Å². The molecule has 5 atom stereocenters. The molecule has 0 amide bonds. The van der Waals surface area contributed by atoms with E-state index in [4.69, 9.17) is 9.47 Å². The number of rotatable bonds is 1. The van der Waals surface area contributed by atoms with E-state index in [0.717, 1.165) is 43.7 Å². The van der Waals surface area contributed by atoms with E-state index in [9.17, 15) is 5.11 Å². The van der Waals surface area contributed by atoms with Crippen molar-refractivity contribution in [3.05, 3.63) is 23.3 Å². The number of likely N-dealkylation sites (N-methyl/N-ethyl adjacent to an activating group) is 1. The first-order chi connectivity index (χ1) is 10.7. The average Bonchev–Trinajstić information content (AvgIpc) is 2.88. The lowest BCUT2D eigenvalue weighted by atomic mass is 9.51. The Bertz CT molecular complexity index is 645. The highest BCUT2D eigenvalue weighted by Gasteiger charge is 2.65. The number of aliphatic hydroxyl groups excluding tert-OH is 1. The minimum atomic E-state index is -0.358. The zero-order chi connectivity index (χ0) is 15.1. The van der Waals surface area contributed by atoms with Gasteiger partial charge in [-0.05, 0) is 56.8 Å². The second-order valence-electron chi connectivity index (χ2n) is 7.46. The van der Waals surface area contributed by atoms with Gasteiger partial charge in [0.1, 0.15) is 6.10 Å². The molecule has 2 heterocycles. The quantitative estimate of drug-likeness (QED) is 0.858. The highest BCUT2D eigenvalue weighted by Crippen LogP contribution is 2.63. The molecule has 1 aromatic rings. The van der Waals surface area contributed by atoms with Crippen molar-refractivity contribution in [2.45, 2.75) is 49.3 Å². The average molecular weight is 301 g/mol. The Hall–Kier alpha value is -1.26. The fourth-order valence-electron chi connectivity index (χ4n) is 5.86. The van der Waals surface area contributed by atoms with Gasteiger partial charge in [-0.3, -0.25) is 0 Å². The van der Waals surface area contributed by atoms with Crippen LogP contribution in [0.15, 0.2) is 12.1 Å². The summed E-state index contributed by atoms with van der Waals surface area (Å²) in [7, 11) is 3.96. The van der Waals surface area contributed by atoms with E-state index >= 15 is 0 Å². The SMILES string of the molecule is COc1ccc2c3c1O[C@H]1[C@@H](O)CC[C@H]4[C@H](C2)N(C)CC[C@@]341. The van der Waals surface area contributed by atoms with Crippen LogP contribution < -0.4 is 9.47 Å². The number of hydrogen-bond donors (Lipinski definition) is 1. The largest absolute Gasteiger partial charge is 0.493 e. The van der Waals surface area contributed by atoms with Gasteiger partial charge in [0.15, 0.2) is 11.5 Å². The zero-order valence-corrected chi connectivity index (χ0v) is 13.2. The lowest BCUT2D eigenvalue weighted by molar-refractivity contribution is -0.0993. The molecule has 1 saturated carbocycles. The summed E-state index contributed by atoms with van der Waals surface area (Å²) in [4.78, 5) is 2.52. The van der Waals surface area contributed by atoms with Crippen molar-refractivity contribution in [3.63, 3.8) is 0 Å². The minimum absolute atomic E-state index is 0.00625. The molecule has 2 fully saturated rings. The molecule has 1 saturated heterocycles. The van der Waals surface area contributed by atoms with E-state index in [0.29, 0.717) is 12.0 Å². The van der Waals surface area contributed by atoms with Crippen molar-refractivity contribution in [2.24, 2.45) is 5.92 Å². The highest BCUT2D eigenvalue weighted by atomic mass is 16.5. The number of hydrogen-bond acceptors (Lipinski definition) is 4. The van der Waals surface area contributed by atoms with Crippen molar-refractivity contribution >= 4 is 0 Å². The summed E-state index contributed by atoms with van der Waals surface area (Å²) in [6.45, 7) is 1.09. The van der Waals surface area contributed by atoms with Crippen LogP contribution in [0.25, 0.3) is 0 Å². The number of ether oxygens (including phenoxy) is 2. The van der Waals surface area contributed by atoms with Crippen LogP contribution in [0, 0.1) is 5.92 Å². The summed E-state index contributed by atoms with van der Waals surface area (Å²) in [6, 6.07) is 4.83. The van der Waals surface area contributed by atoms with Crippen LogP contribution in [0.2, 0.25) is 0 Å². The molecule has 118 valence electrons. The first-order valence-electron chi connectivity index (χ1n) is 8.42. The zero-order valence-electron chi connectivity index (χ0n) is 13.2. The normalized spacial score (nSPS) is 41.8. The van der Waals surface area contributed by atoms with E-state index in [-0.39, 0.29) is 17.6 Å². The molecule has 0 radical (unpaired) electrons. The van der Waals surface area contributed by atoms with Crippen molar-refractivity contribution in [2.75, 3.05) is 20.7 Å². The Morgan fingerprint density at radius 2 is 2.23 bits per heavy atom. The molecular weight excluding hydrogens is 278 g/mol. The highest BCUT2D eigenvalue weighted by molar-refractivity contribution is 5.61. The standard InChI is InChI=1S/C18H23NO3/c1-19-8-7-18-11-4-5-13(20)17(18)22-16-14(21-2)6-3-10(15(16)18)9-12(11)19/h3,6,11-13,17,20H,4-5,7-9H2,1-2H3/t11-,12-,13-,17-,18-/m0/s1. The summed E-state index contributed by atoms with van der Waals surface area (Å²) < 4.78 is 11.9. The molecule has 0 unspecified atom stereocenters. The second-order valence-corrected chi connectivity index (χ2v) is 7.46. The van der Waals surface area contributed by atoms with Gasteiger partial charge in [0.05, 0.1) is 13.2 Å². The maximum atomic E-state index is 10.6. The Labute approximate surface area is 131 Å². The molecule has 1 aromatic carbocycles. The lowest BCUT2D eigenvalue weighted by Crippen LogP contribution is -2.66. The van der Waals surface area contributed by atoms with Crippen LogP contribution in [0.5, 0.6) is 11.5 Å². The topological polar surface area (TPSA) is 41.9 Å². The van der Waals surface area contributed by atoms with Gasteiger partial charge in [0, 0.05) is 17.0 Å². The van der Waals surface area contributed by atoms with E-state index < -0.39 is 0 Å². The molecule has 1 N–H and O–H groups in total. The molecule has 4 nitrogen and oxygen atoms in total. The van der Waals surface area contributed by atoms with Gasteiger partial charge in [0.25, 0.3) is 0 Å². The Morgan fingerprint density at radius 1 is 1.36 bits per heavy atom. The van der Waals surface area contributed by atoms with Crippen LogP contribution in [-0.2, 0) is 11.8 Å². The minimum Gasteiger partial charge on any atom is -0.493 e. The fourth-order valence-corrected chi connectivity index (χ4v) is 5.86. The molecule has 0 aromatic heterocycles. The number of piperidine rings is 1. The van der Waals surface area contributed by atoms with Gasteiger partial charge in [-0.2, -0.15) is 0 Å². The Balaban J connectivity index is 1.80. The summed E-state index contributed by atoms with van der Waals surface area (Å²) in [5, 5.41) is 10.6. The molecule has 22 heavy (non-hydrogen) atoms. The molecule has 4 aliphatic rings. The fraction of sp³-hybridized carbons (Fsp3) is 0.667. The van der Waals surface area contributed by atoms with Crippen LogP contribution in [0.1, 0.15) is 30.4 Å². The van der Waals surface area contributed by atoms with Crippen LogP contribution in [0.4, 0.5) is 0 Å². The first-order valence-corrected chi connectivity index (χ1v) is 8.42. The van der Waals surface area contributed by atoms with Gasteiger partial charge in [0.2, 0.25) is 0 Å². The second kappa shape index (κ2) is 4.18. The molecule has 2 bridgehead atoms. The third-order valence-electron chi connectivity index (χ3n) is 6.77. The molecule has 4 heteroatoms. The number of aliphatic hydroxyl groups is 1. The van der Waals surface area contributed by atoms with E-state index in [1.165, 1.54) is 11.1 Å². The van der Waals surface area contributed by atoms with Crippen molar-refractivity contribution in [3.8, 4) is 11.5 Å². The number of methoxy groups -OCH3 is 1. The predicted molar refractivity (Wildman–Crippen MR) is 82.6 cm³/mol. The van der Waals surface area contributed by atoms with Crippen molar-refractivity contribution < 1.29 is 14.6 Å². The van der Waals surface area contributed by atoms with Crippen molar-refractivity contribution in [1.29, 1.82) is 0 Å². The van der Waals surface area contributed by atoms with Crippen molar-refractivity contribution in [1.82, 2.24) is 4.90 Å². The Morgan fingerprint density at radius 3 is 3.05 bits per heavy atom. The summed E-state index contributed by atoms with van der Waals surface area (Å²) in [6.07, 6.45) is 3.69. The van der Waals surface area contributed by atoms with Gasteiger partial charge in [-0.15, -0.1) is 0 Å². The molecule has 5 rings (SSSR count). The van der Waals surface area contributed by atoms with E-state index in [2.05, 4.69) is 18.0 Å². The number of nitrogens with zero attached hydrogens (tertiary/aromatic N) is 1. The lowest BCUT2D eigenvalue weighted by Gasteiger charge is -2.58. The number of likely N-dealkylation sites (tertiary alicyclic amines) is 1. The van der Waals surface area contributed by atoms with Gasteiger partial charge in [-0.1, -0.05) is 6.07 Å². The third kappa shape index (κ3) is 1.32. The van der Waals surface area contributed by atoms with Crippen LogP contribution in [-0.4, -0.2) is 49.0 Å². The predicted octanol–water partition coefficient (Wildman–Crippen LogP) is 1.73. The van der Waals surface area contributed by atoms with Gasteiger partial charge in [-0.25, -0.2) is 0 Å². The van der Waals surface area contributed by atoms with E-state index in [1.807, 2.05) is 6.07 Å². The molecule has 2 aliphatic carbocycles. The maximum absolute atomic E-state index is 10.6. The molecule has 1 spiro atoms. The summed E-state index contributed by atoms with van der Waals surface area (Å²) >= 11 is 0. The molecule has 2 aliphatic heterocycles. The van der Waals surface area contributed by atoms with Crippen LogP contribution >= 0.6 is 0 Å². The summed E-state index contributed by atoms with van der Waals surface area (Å²) in [5.74, 6) is 2.34. The van der Waals surface area contributed by atoms with Gasteiger partial charge >= 0.3 is 0 Å². The number of benzene rings is 1. The van der Waals surface area contributed by atoms with E-state index in [1.54, 1.807) is 7.11 Å². The third-order valence-corrected chi connectivity index (χ3v) is 6.77. The first kappa shape index (κ1) is 13.2. The summed E-state index contributed by atoms with van der Waals surface area (Å²) in [5.41, 5.74) is 2.77. The monoisotopic (exact) mass is 301 g/mol. The maximum Gasteiger partial charge on any atom is 0.165 e. The smallest absolute Gasteiger partial charge is 0.165 e. The Kier molecular flexibility index (Phi) is 2.51. The molecular formula is C18H23NO3. The van der Waals surface area contributed by atoms with Crippen LogP contribution in [0.3, 0.4) is 0 Å².